The number of pyridine rings is 1. The second-order valence-electron chi connectivity index (χ2n) is 6.44. The Balaban J connectivity index is 2.17. The molecule has 0 aliphatic rings. The number of hydrogen-bond donors (Lipinski definition) is 0. The molecule has 3 aromatic rings. The molecular weight excluding hydrogens is 302 g/mol. The van der Waals surface area contributed by atoms with Gasteiger partial charge in [0.05, 0.1) is 16.8 Å². The molecule has 0 N–H and O–H groups in total. The van der Waals surface area contributed by atoms with Crippen LogP contribution in [-0.2, 0) is 4.43 Å². The maximum atomic E-state index is 12.6. The SMILES string of the molecule is C[Si](C)(C)OC(=O)c1cc(-c2ccccc2)nc2ccccc12. The number of nitrogens with zero attached hydrogens (tertiary/aromatic N) is 1. The van der Waals surface area contributed by atoms with Crippen LogP contribution in [0.25, 0.3) is 22.2 Å². The second-order valence-corrected chi connectivity index (χ2v) is 10.9. The molecule has 0 saturated carbocycles. The Labute approximate surface area is 137 Å². The molecule has 0 radical (unpaired) electrons. The van der Waals surface area contributed by atoms with Crippen molar-refractivity contribution in [3.8, 4) is 11.3 Å². The van der Waals surface area contributed by atoms with E-state index < -0.39 is 8.32 Å². The van der Waals surface area contributed by atoms with Crippen molar-refractivity contribution in [2.45, 2.75) is 19.6 Å². The van der Waals surface area contributed by atoms with Crippen LogP contribution in [0.1, 0.15) is 10.4 Å². The minimum Gasteiger partial charge on any atom is -0.516 e. The maximum Gasteiger partial charge on any atom is 0.325 e. The molecule has 116 valence electrons. The molecule has 0 aliphatic carbocycles. The monoisotopic (exact) mass is 321 g/mol. The van der Waals surface area contributed by atoms with Crippen molar-refractivity contribution in [2.75, 3.05) is 0 Å². The van der Waals surface area contributed by atoms with Crippen LogP contribution in [0.15, 0.2) is 60.7 Å². The third-order valence-corrected chi connectivity index (χ3v) is 4.20. The average Bonchev–Trinajstić information content (AvgIpc) is 2.53. The lowest BCUT2D eigenvalue weighted by Gasteiger charge is -2.18. The van der Waals surface area contributed by atoms with Gasteiger partial charge in [0.15, 0.2) is 0 Å². The molecule has 0 spiro atoms. The second kappa shape index (κ2) is 5.97. The summed E-state index contributed by atoms with van der Waals surface area (Å²) in [6.45, 7) is 6.02. The molecule has 2 aromatic carbocycles. The van der Waals surface area contributed by atoms with Crippen LogP contribution in [0.2, 0.25) is 19.6 Å². The minimum absolute atomic E-state index is 0.264. The van der Waals surface area contributed by atoms with Crippen molar-refractivity contribution in [1.82, 2.24) is 4.98 Å². The zero-order valence-corrected chi connectivity index (χ0v) is 14.5. The van der Waals surface area contributed by atoms with Gasteiger partial charge in [0.25, 0.3) is 0 Å². The molecule has 0 amide bonds. The fraction of sp³-hybridized carbons (Fsp3) is 0.158. The van der Waals surface area contributed by atoms with Crippen LogP contribution < -0.4 is 0 Å². The molecule has 0 saturated heterocycles. The van der Waals surface area contributed by atoms with E-state index in [9.17, 15) is 4.79 Å². The summed E-state index contributed by atoms with van der Waals surface area (Å²) in [5.74, 6) is -0.264. The van der Waals surface area contributed by atoms with Gasteiger partial charge in [-0.1, -0.05) is 48.5 Å². The molecule has 1 heterocycles. The highest BCUT2D eigenvalue weighted by molar-refractivity contribution is 6.71. The first kappa shape index (κ1) is 15.4. The number of hydrogen-bond acceptors (Lipinski definition) is 3. The fourth-order valence-corrected chi connectivity index (χ4v) is 3.10. The summed E-state index contributed by atoms with van der Waals surface area (Å²) >= 11 is 0. The van der Waals surface area contributed by atoms with E-state index in [1.165, 1.54) is 0 Å². The van der Waals surface area contributed by atoms with Crippen molar-refractivity contribution >= 4 is 25.2 Å². The predicted octanol–water partition coefficient (Wildman–Crippen LogP) is 4.89. The van der Waals surface area contributed by atoms with Crippen molar-refractivity contribution in [2.24, 2.45) is 0 Å². The van der Waals surface area contributed by atoms with Gasteiger partial charge in [-0.05, 0) is 31.8 Å². The van der Waals surface area contributed by atoms with Crippen molar-refractivity contribution in [1.29, 1.82) is 0 Å². The Bertz CT molecular complexity index is 854. The van der Waals surface area contributed by atoms with Crippen LogP contribution >= 0.6 is 0 Å². The van der Waals surface area contributed by atoms with Crippen molar-refractivity contribution in [3.05, 3.63) is 66.2 Å². The Morgan fingerprint density at radius 3 is 2.30 bits per heavy atom. The third kappa shape index (κ3) is 3.48. The van der Waals surface area contributed by atoms with E-state index in [2.05, 4.69) is 4.98 Å². The van der Waals surface area contributed by atoms with Gasteiger partial charge in [0.1, 0.15) is 0 Å². The van der Waals surface area contributed by atoms with Crippen LogP contribution in [0.5, 0.6) is 0 Å². The first-order valence-corrected chi connectivity index (χ1v) is 11.0. The van der Waals surface area contributed by atoms with E-state index in [-0.39, 0.29) is 5.97 Å². The summed E-state index contributed by atoms with van der Waals surface area (Å²) < 4.78 is 5.69. The lowest BCUT2D eigenvalue weighted by Crippen LogP contribution is -2.29. The van der Waals surface area contributed by atoms with Crippen molar-refractivity contribution < 1.29 is 9.22 Å². The van der Waals surface area contributed by atoms with Gasteiger partial charge in [0.2, 0.25) is 8.32 Å². The number of carbonyl (C=O) groups is 1. The summed E-state index contributed by atoms with van der Waals surface area (Å²) in [5, 5.41) is 0.829. The lowest BCUT2D eigenvalue weighted by molar-refractivity contribution is 0.0726. The Morgan fingerprint density at radius 1 is 0.957 bits per heavy atom. The summed E-state index contributed by atoms with van der Waals surface area (Å²) in [5.41, 5.74) is 3.15. The number of para-hydroxylation sites is 1. The van der Waals surface area contributed by atoms with Gasteiger partial charge >= 0.3 is 5.97 Å². The number of aromatic nitrogens is 1. The van der Waals surface area contributed by atoms with Gasteiger partial charge < -0.3 is 4.43 Å². The first-order valence-electron chi connectivity index (χ1n) is 7.62. The van der Waals surface area contributed by atoms with Gasteiger partial charge in [-0.3, -0.25) is 0 Å². The van der Waals surface area contributed by atoms with Gasteiger partial charge in [0, 0.05) is 10.9 Å². The Hall–Kier alpha value is -2.46. The predicted molar refractivity (Wildman–Crippen MR) is 95.9 cm³/mol. The lowest BCUT2D eigenvalue weighted by atomic mass is 10.0. The van der Waals surface area contributed by atoms with E-state index in [1.54, 1.807) is 0 Å². The molecule has 0 fully saturated rings. The quantitative estimate of drug-likeness (QED) is 0.644. The molecule has 0 unspecified atom stereocenters. The number of benzene rings is 2. The molecule has 4 heteroatoms. The van der Waals surface area contributed by atoms with Crippen LogP contribution in [0.4, 0.5) is 0 Å². The van der Waals surface area contributed by atoms with Gasteiger partial charge in [-0.15, -0.1) is 0 Å². The summed E-state index contributed by atoms with van der Waals surface area (Å²) in [7, 11) is -1.96. The number of rotatable bonds is 3. The highest BCUT2D eigenvalue weighted by Gasteiger charge is 2.23. The molecular formula is C19H19NO2Si. The van der Waals surface area contributed by atoms with E-state index in [4.69, 9.17) is 4.43 Å². The average molecular weight is 321 g/mol. The molecule has 0 bridgehead atoms. The summed E-state index contributed by atoms with van der Waals surface area (Å²) in [6.07, 6.45) is 0. The smallest absolute Gasteiger partial charge is 0.325 e. The number of carbonyl (C=O) groups excluding carboxylic acids is 1. The molecule has 0 aliphatic heterocycles. The fourth-order valence-electron chi connectivity index (χ4n) is 2.43. The highest BCUT2D eigenvalue weighted by Crippen LogP contribution is 2.26. The standard InChI is InChI=1S/C19H19NO2Si/c1-23(2,3)22-19(21)16-13-18(14-9-5-4-6-10-14)20-17-12-8-7-11-15(16)17/h4-13H,1-3H3. The molecule has 23 heavy (non-hydrogen) atoms. The molecule has 3 nitrogen and oxygen atoms in total. The van der Waals surface area contributed by atoms with Crippen LogP contribution in [-0.4, -0.2) is 19.3 Å². The van der Waals surface area contributed by atoms with Crippen molar-refractivity contribution in [3.63, 3.8) is 0 Å². The van der Waals surface area contributed by atoms with Crippen LogP contribution in [0, 0.1) is 0 Å². The zero-order valence-electron chi connectivity index (χ0n) is 13.5. The zero-order chi connectivity index (χ0) is 16.4. The van der Waals surface area contributed by atoms with E-state index in [0.29, 0.717) is 5.56 Å². The third-order valence-electron chi connectivity index (χ3n) is 3.40. The van der Waals surface area contributed by atoms with Crippen LogP contribution in [0.3, 0.4) is 0 Å². The largest absolute Gasteiger partial charge is 0.516 e. The van der Waals surface area contributed by atoms with E-state index >= 15 is 0 Å². The normalized spacial score (nSPS) is 11.4. The minimum atomic E-state index is -1.96. The highest BCUT2D eigenvalue weighted by atomic mass is 28.4. The summed E-state index contributed by atoms with van der Waals surface area (Å²) in [4.78, 5) is 17.3. The molecule has 3 rings (SSSR count). The van der Waals surface area contributed by atoms with E-state index in [1.807, 2.05) is 80.3 Å². The maximum absolute atomic E-state index is 12.6. The Kier molecular flexibility index (Phi) is 4.01. The van der Waals surface area contributed by atoms with Gasteiger partial charge in [-0.25, -0.2) is 9.78 Å². The van der Waals surface area contributed by atoms with Gasteiger partial charge in [-0.2, -0.15) is 0 Å². The molecule has 0 atom stereocenters. The number of fused-ring (bicyclic) bond motifs is 1. The van der Waals surface area contributed by atoms with E-state index in [0.717, 1.165) is 22.2 Å². The summed E-state index contributed by atoms with van der Waals surface area (Å²) in [6, 6.07) is 19.4. The Morgan fingerprint density at radius 2 is 1.61 bits per heavy atom. The molecule has 1 aromatic heterocycles. The first-order chi connectivity index (χ1) is 10.9. The topological polar surface area (TPSA) is 39.2 Å².